The molecule has 1 heterocycles. The molecule has 1 atom stereocenters. The van der Waals surface area contributed by atoms with Gasteiger partial charge in [-0.15, -0.1) is 0 Å². The van der Waals surface area contributed by atoms with Gasteiger partial charge < -0.3 is 19.8 Å². The molecule has 1 saturated carbocycles. The maximum absolute atomic E-state index is 13.1. The fourth-order valence-corrected chi connectivity index (χ4v) is 4.54. The largest absolute Gasteiger partial charge is 0.507 e. The number of likely N-dealkylation sites (tertiary alicyclic amines) is 1. The number of hydrogen-bond acceptors (Lipinski definition) is 5. The van der Waals surface area contributed by atoms with Crippen LogP contribution in [0.25, 0.3) is 5.76 Å². The highest BCUT2D eigenvalue weighted by Crippen LogP contribution is 2.44. The number of aromatic hydroxyl groups is 1. The summed E-state index contributed by atoms with van der Waals surface area (Å²) in [5.74, 6) is -1.18. The lowest BCUT2D eigenvalue weighted by molar-refractivity contribution is -0.141. The number of ether oxygens (including phenoxy) is 1. The van der Waals surface area contributed by atoms with E-state index in [2.05, 4.69) is 0 Å². The van der Waals surface area contributed by atoms with E-state index in [4.69, 9.17) is 16.3 Å². The Morgan fingerprint density at radius 1 is 1.13 bits per heavy atom. The zero-order valence-electron chi connectivity index (χ0n) is 16.5. The van der Waals surface area contributed by atoms with Gasteiger partial charge in [0.25, 0.3) is 11.7 Å². The Bertz CT molecular complexity index is 1040. The van der Waals surface area contributed by atoms with E-state index in [1.165, 1.54) is 19.2 Å². The van der Waals surface area contributed by atoms with Gasteiger partial charge in [-0.25, -0.2) is 0 Å². The molecular formula is C23H22ClNO5. The van der Waals surface area contributed by atoms with Gasteiger partial charge in [0.15, 0.2) is 0 Å². The SMILES string of the molecule is COc1cccc(/C(O)=C2/C(=O)C(=O)N(C3CCCC3)C2c2ccc(O)c(Cl)c2)c1. The molecule has 1 unspecified atom stereocenters. The summed E-state index contributed by atoms with van der Waals surface area (Å²) < 4.78 is 5.22. The van der Waals surface area contributed by atoms with E-state index in [1.807, 2.05) is 0 Å². The van der Waals surface area contributed by atoms with Gasteiger partial charge in [-0.05, 0) is 42.7 Å². The third kappa shape index (κ3) is 3.41. The van der Waals surface area contributed by atoms with Gasteiger partial charge in [0.2, 0.25) is 0 Å². The number of methoxy groups -OCH3 is 1. The molecule has 2 fully saturated rings. The molecular weight excluding hydrogens is 406 g/mol. The summed E-state index contributed by atoms with van der Waals surface area (Å²) >= 11 is 6.12. The summed E-state index contributed by atoms with van der Waals surface area (Å²) in [5, 5.41) is 21.0. The van der Waals surface area contributed by atoms with Crippen LogP contribution in [0.3, 0.4) is 0 Å². The molecule has 2 aliphatic rings. The number of benzene rings is 2. The van der Waals surface area contributed by atoms with Crippen LogP contribution in [0.1, 0.15) is 42.9 Å². The Labute approximate surface area is 179 Å². The van der Waals surface area contributed by atoms with E-state index < -0.39 is 17.7 Å². The first-order valence-electron chi connectivity index (χ1n) is 9.85. The predicted molar refractivity (Wildman–Crippen MR) is 113 cm³/mol. The Kier molecular flexibility index (Phi) is 5.43. The maximum Gasteiger partial charge on any atom is 0.295 e. The lowest BCUT2D eigenvalue weighted by atomic mass is 9.94. The average Bonchev–Trinajstić information content (AvgIpc) is 3.36. The zero-order chi connectivity index (χ0) is 21.4. The molecule has 4 rings (SSSR count). The van der Waals surface area contributed by atoms with Gasteiger partial charge in [0.05, 0.1) is 23.7 Å². The van der Waals surface area contributed by atoms with Crippen molar-refractivity contribution in [2.45, 2.75) is 37.8 Å². The molecule has 30 heavy (non-hydrogen) atoms. The Hall–Kier alpha value is -2.99. The van der Waals surface area contributed by atoms with E-state index in [1.54, 1.807) is 35.2 Å². The summed E-state index contributed by atoms with van der Waals surface area (Å²) in [4.78, 5) is 27.6. The van der Waals surface area contributed by atoms with Crippen LogP contribution in [-0.4, -0.2) is 40.0 Å². The molecule has 1 aliphatic heterocycles. The van der Waals surface area contributed by atoms with E-state index in [0.29, 0.717) is 16.9 Å². The monoisotopic (exact) mass is 427 g/mol. The molecule has 0 spiro atoms. The van der Waals surface area contributed by atoms with Gasteiger partial charge in [-0.3, -0.25) is 9.59 Å². The van der Waals surface area contributed by atoms with Crippen molar-refractivity contribution in [1.29, 1.82) is 0 Å². The number of rotatable bonds is 4. The van der Waals surface area contributed by atoms with Crippen LogP contribution < -0.4 is 4.74 Å². The van der Waals surface area contributed by atoms with Crippen molar-refractivity contribution in [3.8, 4) is 11.5 Å². The van der Waals surface area contributed by atoms with E-state index >= 15 is 0 Å². The van der Waals surface area contributed by atoms with Gasteiger partial charge in [0, 0.05) is 11.6 Å². The number of phenols is 1. The number of amides is 1. The number of ketones is 1. The first-order chi connectivity index (χ1) is 14.4. The van der Waals surface area contributed by atoms with Crippen LogP contribution in [-0.2, 0) is 9.59 Å². The summed E-state index contributed by atoms with van der Waals surface area (Å²) in [7, 11) is 1.51. The van der Waals surface area contributed by atoms with E-state index in [9.17, 15) is 19.8 Å². The Balaban J connectivity index is 1.90. The number of hydrogen-bond donors (Lipinski definition) is 2. The van der Waals surface area contributed by atoms with E-state index in [0.717, 1.165) is 25.7 Å². The number of carbonyl (C=O) groups is 2. The fourth-order valence-electron chi connectivity index (χ4n) is 4.36. The van der Waals surface area contributed by atoms with Crippen LogP contribution in [0.2, 0.25) is 5.02 Å². The molecule has 2 N–H and O–H groups in total. The quantitative estimate of drug-likeness (QED) is 0.428. The molecule has 2 aromatic rings. The molecule has 156 valence electrons. The molecule has 6 nitrogen and oxygen atoms in total. The number of nitrogens with zero attached hydrogens (tertiary/aromatic N) is 1. The standard InChI is InChI=1S/C23H22ClNO5/c1-30-16-8-4-5-14(11-16)21(27)19-20(13-9-10-18(26)17(24)12-13)25(23(29)22(19)28)15-6-2-3-7-15/h4-5,8-12,15,20,26-27H,2-3,6-7H2,1H3/b21-19-. The van der Waals surface area contributed by atoms with Crippen molar-refractivity contribution in [3.05, 3.63) is 64.2 Å². The van der Waals surface area contributed by atoms with Crippen LogP contribution >= 0.6 is 11.6 Å². The predicted octanol–water partition coefficient (Wildman–Crippen LogP) is 4.42. The summed E-state index contributed by atoms with van der Waals surface area (Å²) in [6.07, 6.45) is 3.56. The van der Waals surface area contributed by atoms with Crippen molar-refractivity contribution in [2.24, 2.45) is 0 Å². The number of aliphatic hydroxyl groups excluding tert-OH is 1. The maximum atomic E-state index is 13.1. The van der Waals surface area contributed by atoms with Crippen LogP contribution in [0.4, 0.5) is 0 Å². The molecule has 7 heteroatoms. The van der Waals surface area contributed by atoms with Crippen molar-refractivity contribution < 1.29 is 24.5 Å². The lowest BCUT2D eigenvalue weighted by Crippen LogP contribution is -2.37. The second kappa shape index (κ2) is 8.03. The summed E-state index contributed by atoms with van der Waals surface area (Å²) in [6.45, 7) is 0. The van der Waals surface area contributed by atoms with Crippen LogP contribution in [0, 0.1) is 0 Å². The highest BCUT2D eigenvalue weighted by Gasteiger charge is 2.49. The Morgan fingerprint density at radius 2 is 1.87 bits per heavy atom. The molecule has 0 bridgehead atoms. The normalized spacial score (nSPS) is 21.4. The highest BCUT2D eigenvalue weighted by atomic mass is 35.5. The number of halogens is 1. The second-order valence-corrected chi connectivity index (χ2v) is 7.99. The van der Waals surface area contributed by atoms with Gasteiger partial charge >= 0.3 is 0 Å². The minimum Gasteiger partial charge on any atom is -0.507 e. The second-order valence-electron chi connectivity index (χ2n) is 7.59. The van der Waals surface area contributed by atoms with Crippen LogP contribution in [0.5, 0.6) is 11.5 Å². The van der Waals surface area contributed by atoms with Crippen molar-refractivity contribution in [1.82, 2.24) is 4.90 Å². The first kappa shape index (κ1) is 20.3. The number of aliphatic hydroxyl groups is 1. The van der Waals surface area contributed by atoms with Crippen molar-refractivity contribution in [2.75, 3.05) is 7.11 Å². The Morgan fingerprint density at radius 3 is 2.53 bits per heavy atom. The van der Waals surface area contributed by atoms with E-state index in [-0.39, 0.29) is 28.1 Å². The minimum atomic E-state index is -0.780. The first-order valence-corrected chi connectivity index (χ1v) is 10.2. The molecule has 0 aromatic heterocycles. The third-order valence-corrected chi connectivity index (χ3v) is 6.13. The zero-order valence-corrected chi connectivity index (χ0v) is 17.2. The van der Waals surface area contributed by atoms with Gasteiger partial charge in [0.1, 0.15) is 17.3 Å². The van der Waals surface area contributed by atoms with Crippen molar-refractivity contribution >= 4 is 29.1 Å². The molecule has 0 radical (unpaired) electrons. The fraction of sp³-hybridized carbons (Fsp3) is 0.304. The summed E-state index contributed by atoms with van der Waals surface area (Å²) in [5.41, 5.74) is 0.962. The number of Topliss-reactive ketones (excluding diaryl/α,β-unsaturated/α-hetero) is 1. The number of carbonyl (C=O) groups excluding carboxylic acids is 2. The third-order valence-electron chi connectivity index (χ3n) is 5.83. The summed E-state index contributed by atoms with van der Waals surface area (Å²) in [6, 6.07) is 10.4. The smallest absolute Gasteiger partial charge is 0.295 e. The van der Waals surface area contributed by atoms with Crippen molar-refractivity contribution in [3.63, 3.8) is 0 Å². The molecule has 1 amide bonds. The van der Waals surface area contributed by atoms with Gasteiger partial charge in [-0.2, -0.15) is 0 Å². The topological polar surface area (TPSA) is 87.1 Å². The lowest BCUT2D eigenvalue weighted by Gasteiger charge is -2.31. The van der Waals surface area contributed by atoms with Gasteiger partial charge in [-0.1, -0.05) is 42.6 Å². The molecule has 1 saturated heterocycles. The minimum absolute atomic E-state index is 0.0157. The number of phenolic OH excluding ortho intramolecular Hbond substituents is 1. The highest BCUT2D eigenvalue weighted by molar-refractivity contribution is 6.46. The molecule has 2 aromatic carbocycles. The average molecular weight is 428 g/mol. The molecule has 1 aliphatic carbocycles. The van der Waals surface area contributed by atoms with Crippen LogP contribution in [0.15, 0.2) is 48.0 Å².